The Morgan fingerprint density at radius 2 is 1.79 bits per heavy atom. The molecule has 0 bridgehead atoms. The summed E-state index contributed by atoms with van der Waals surface area (Å²) in [6.07, 6.45) is 1.85. The highest BCUT2D eigenvalue weighted by Crippen LogP contribution is 2.27. The zero-order chi connectivity index (χ0) is 23.5. The lowest BCUT2D eigenvalue weighted by atomic mass is 10.0. The molecule has 1 N–H and O–H groups in total. The molecule has 1 aliphatic heterocycles. The Morgan fingerprint density at radius 1 is 1.03 bits per heavy atom. The molecule has 1 fully saturated rings. The van der Waals surface area contributed by atoms with Crippen LogP contribution in [-0.4, -0.2) is 25.0 Å². The molecule has 0 unspecified atom stereocenters. The number of urea groups is 1. The highest BCUT2D eigenvalue weighted by molar-refractivity contribution is 9.10. The van der Waals surface area contributed by atoms with E-state index in [9.17, 15) is 18.8 Å². The van der Waals surface area contributed by atoms with Crippen LogP contribution in [0.1, 0.15) is 16.7 Å². The van der Waals surface area contributed by atoms with Gasteiger partial charge < -0.3 is 4.74 Å². The Balaban J connectivity index is 1.65. The largest absolute Gasteiger partial charge is 0.496 e. The minimum Gasteiger partial charge on any atom is -0.496 e. The van der Waals surface area contributed by atoms with E-state index in [1.807, 2.05) is 6.07 Å². The van der Waals surface area contributed by atoms with E-state index in [1.165, 1.54) is 25.3 Å². The second kappa shape index (κ2) is 9.38. The number of benzene rings is 3. The molecule has 0 spiro atoms. The highest BCUT2D eigenvalue weighted by atomic mass is 79.9. The van der Waals surface area contributed by atoms with Crippen LogP contribution in [0.4, 0.5) is 14.9 Å². The number of nitrogens with one attached hydrogen (secondary N) is 1. The maximum absolute atomic E-state index is 13.5. The summed E-state index contributed by atoms with van der Waals surface area (Å²) in [4.78, 5) is 38.7. The molecule has 166 valence electrons. The maximum Gasteiger partial charge on any atom is 0.335 e. The van der Waals surface area contributed by atoms with Crippen LogP contribution in [0.2, 0.25) is 0 Å². The molecular weight excluding hydrogens is 491 g/mol. The second-order valence-electron chi connectivity index (χ2n) is 7.31. The van der Waals surface area contributed by atoms with E-state index >= 15 is 0 Å². The first-order chi connectivity index (χ1) is 15.9. The Morgan fingerprint density at radius 3 is 2.48 bits per heavy atom. The average molecular weight is 509 g/mol. The molecule has 0 radical (unpaired) electrons. The van der Waals surface area contributed by atoms with Gasteiger partial charge >= 0.3 is 6.03 Å². The first kappa shape index (κ1) is 22.4. The summed E-state index contributed by atoms with van der Waals surface area (Å²) < 4.78 is 19.8. The molecule has 4 rings (SSSR count). The van der Waals surface area contributed by atoms with E-state index < -0.39 is 17.8 Å². The first-order valence-electron chi connectivity index (χ1n) is 9.94. The molecular formula is C25H18BrFN2O4. The number of nitrogens with zero attached hydrogens (tertiary/aromatic N) is 1. The molecule has 3 aromatic carbocycles. The van der Waals surface area contributed by atoms with E-state index in [0.29, 0.717) is 23.4 Å². The van der Waals surface area contributed by atoms with Gasteiger partial charge in [-0.3, -0.25) is 14.9 Å². The van der Waals surface area contributed by atoms with Gasteiger partial charge in [-0.2, -0.15) is 0 Å². The quantitative estimate of drug-likeness (QED) is 0.394. The summed E-state index contributed by atoms with van der Waals surface area (Å²) >= 11 is 3.31. The predicted molar refractivity (Wildman–Crippen MR) is 125 cm³/mol. The molecule has 0 saturated carbocycles. The Kier molecular flexibility index (Phi) is 6.37. The number of halogens is 2. The lowest BCUT2D eigenvalue weighted by Gasteiger charge is -2.26. The number of carbonyl (C=O) groups excluding carboxylic acids is 3. The lowest BCUT2D eigenvalue weighted by molar-refractivity contribution is -0.122. The summed E-state index contributed by atoms with van der Waals surface area (Å²) in [5, 5.41) is 2.20. The average Bonchev–Trinajstić information content (AvgIpc) is 2.78. The number of methoxy groups -OCH3 is 1. The molecule has 3 aromatic rings. The lowest BCUT2D eigenvalue weighted by Crippen LogP contribution is -2.54. The third kappa shape index (κ3) is 4.85. The minimum absolute atomic E-state index is 0.183. The molecule has 0 atom stereocenters. The standard InChI is InChI=1S/C25H18BrFN2O4/c1-33-22-14-16(5-6-17(22)11-15-3-2-4-19(27)12-15)13-21-23(30)28-25(32)29(24(21)31)20-9-7-18(26)8-10-20/h2-10,12-14H,11H2,1H3,(H,28,30,32)/b21-13+. The van der Waals surface area contributed by atoms with E-state index in [1.54, 1.807) is 48.5 Å². The van der Waals surface area contributed by atoms with E-state index in [0.717, 1.165) is 20.5 Å². The van der Waals surface area contributed by atoms with Crippen LogP contribution in [0.3, 0.4) is 0 Å². The van der Waals surface area contributed by atoms with Crippen LogP contribution < -0.4 is 15.0 Å². The molecule has 4 amide bonds. The Bertz CT molecular complexity index is 1290. The number of ether oxygens (including phenoxy) is 1. The fourth-order valence-corrected chi connectivity index (χ4v) is 3.78. The monoisotopic (exact) mass is 508 g/mol. The number of barbiturate groups is 1. The van der Waals surface area contributed by atoms with Crippen LogP contribution in [0, 0.1) is 5.82 Å². The predicted octanol–water partition coefficient (Wildman–Crippen LogP) is 4.85. The van der Waals surface area contributed by atoms with Crippen molar-refractivity contribution in [1.82, 2.24) is 5.32 Å². The van der Waals surface area contributed by atoms with E-state index in [4.69, 9.17) is 4.74 Å². The third-order valence-electron chi connectivity index (χ3n) is 5.09. The SMILES string of the molecule is COc1cc(/C=C2\C(=O)NC(=O)N(c3ccc(Br)cc3)C2=O)ccc1Cc1cccc(F)c1. The number of amides is 4. The number of anilines is 1. The van der Waals surface area contributed by atoms with E-state index in [-0.39, 0.29) is 11.4 Å². The molecule has 8 heteroatoms. The van der Waals surface area contributed by atoms with Crippen molar-refractivity contribution in [2.75, 3.05) is 12.0 Å². The number of hydrogen-bond acceptors (Lipinski definition) is 4. The highest BCUT2D eigenvalue weighted by Gasteiger charge is 2.36. The number of carbonyl (C=O) groups is 3. The summed E-state index contributed by atoms with van der Waals surface area (Å²) in [5.41, 5.74) is 2.29. The molecule has 1 heterocycles. The van der Waals surface area contributed by atoms with Crippen molar-refractivity contribution in [1.29, 1.82) is 0 Å². The molecule has 1 saturated heterocycles. The number of imide groups is 2. The van der Waals surface area contributed by atoms with Crippen molar-refractivity contribution >= 4 is 45.5 Å². The third-order valence-corrected chi connectivity index (χ3v) is 5.62. The van der Waals surface area contributed by atoms with Crippen molar-refractivity contribution in [3.05, 3.63) is 99.3 Å². The van der Waals surface area contributed by atoms with Gasteiger partial charge in [0.2, 0.25) is 0 Å². The zero-order valence-electron chi connectivity index (χ0n) is 17.5. The van der Waals surface area contributed by atoms with E-state index in [2.05, 4.69) is 21.2 Å². The molecule has 6 nitrogen and oxygen atoms in total. The van der Waals surface area contributed by atoms with Gasteiger partial charge in [0.05, 0.1) is 12.8 Å². The van der Waals surface area contributed by atoms with Crippen LogP contribution in [0.5, 0.6) is 5.75 Å². The van der Waals surface area contributed by atoms with Gasteiger partial charge in [-0.25, -0.2) is 14.1 Å². The summed E-state index contributed by atoms with van der Waals surface area (Å²) in [5.74, 6) is -1.30. The summed E-state index contributed by atoms with van der Waals surface area (Å²) in [6.45, 7) is 0. The number of rotatable bonds is 5. The fraction of sp³-hybridized carbons (Fsp3) is 0.0800. The second-order valence-corrected chi connectivity index (χ2v) is 8.23. The topological polar surface area (TPSA) is 75.7 Å². The normalized spacial score (nSPS) is 15.1. The van der Waals surface area contributed by atoms with Crippen LogP contribution in [0.15, 0.2) is 76.8 Å². The van der Waals surface area contributed by atoms with Crippen molar-refractivity contribution in [3.8, 4) is 5.75 Å². The van der Waals surface area contributed by atoms with Gasteiger partial charge in [-0.1, -0.05) is 40.2 Å². The van der Waals surface area contributed by atoms with Gasteiger partial charge in [0, 0.05) is 10.9 Å². The molecule has 0 aliphatic carbocycles. The van der Waals surface area contributed by atoms with Gasteiger partial charge in [-0.05, 0) is 65.2 Å². The van der Waals surface area contributed by atoms with Crippen molar-refractivity contribution in [2.45, 2.75) is 6.42 Å². The fourth-order valence-electron chi connectivity index (χ4n) is 3.51. The van der Waals surface area contributed by atoms with Crippen LogP contribution in [0.25, 0.3) is 6.08 Å². The van der Waals surface area contributed by atoms with Crippen molar-refractivity contribution < 1.29 is 23.5 Å². The first-order valence-corrected chi connectivity index (χ1v) is 10.7. The van der Waals surface area contributed by atoms with Crippen LogP contribution in [-0.2, 0) is 16.0 Å². The van der Waals surface area contributed by atoms with Gasteiger partial charge in [0.1, 0.15) is 17.1 Å². The smallest absolute Gasteiger partial charge is 0.335 e. The Labute approximate surface area is 197 Å². The molecule has 0 aromatic heterocycles. The zero-order valence-corrected chi connectivity index (χ0v) is 19.1. The molecule has 1 aliphatic rings. The van der Waals surface area contributed by atoms with Gasteiger partial charge in [0.25, 0.3) is 11.8 Å². The van der Waals surface area contributed by atoms with Crippen molar-refractivity contribution in [2.24, 2.45) is 0 Å². The van der Waals surface area contributed by atoms with Gasteiger partial charge in [-0.15, -0.1) is 0 Å². The summed E-state index contributed by atoms with van der Waals surface area (Å²) in [7, 11) is 1.51. The van der Waals surface area contributed by atoms with Gasteiger partial charge in [0.15, 0.2) is 0 Å². The number of hydrogen-bond donors (Lipinski definition) is 1. The Hall–Kier alpha value is -3.78. The molecule has 33 heavy (non-hydrogen) atoms. The maximum atomic E-state index is 13.5. The summed E-state index contributed by atoms with van der Waals surface area (Å²) in [6, 6.07) is 17.3. The minimum atomic E-state index is -0.813. The van der Waals surface area contributed by atoms with Crippen molar-refractivity contribution in [3.63, 3.8) is 0 Å². The van der Waals surface area contributed by atoms with Crippen LogP contribution >= 0.6 is 15.9 Å².